The minimum Gasteiger partial charge on any atom is -0.169 e. The molecule has 3 heteroatoms. The summed E-state index contributed by atoms with van der Waals surface area (Å²) < 4.78 is 2.10. The lowest BCUT2D eigenvalue weighted by atomic mass is 9.91. The second kappa shape index (κ2) is 7.75. The van der Waals surface area contributed by atoms with Gasteiger partial charge in [-0.1, -0.05) is 60.7 Å². The largest absolute Gasteiger partial charge is 0.330 e. The summed E-state index contributed by atoms with van der Waals surface area (Å²) in [7, 11) is 0. The van der Waals surface area contributed by atoms with Gasteiger partial charge in [-0.15, -0.1) is 10.2 Å². The van der Waals surface area contributed by atoms with Crippen LogP contribution in [0.25, 0.3) is 0 Å². The fourth-order valence-corrected chi connectivity index (χ4v) is 3.21. The Balaban J connectivity index is 1.99. The summed E-state index contributed by atoms with van der Waals surface area (Å²) in [6, 6.07) is 36.4. The number of nitrogens with zero attached hydrogens (tertiary/aromatic N) is 3. The van der Waals surface area contributed by atoms with E-state index in [0.717, 1.165) is 16.8 Å². The van der Waals surface area contributed by atoms with Crippen molar-refractivity contribution in [1.82, 2.24) is 0 Å². The zero-order valence-electron chi connectivity index (χ0n) is 14.9. The van der Waals surface area contributed by atoms with Crippen molar-refractivity contribution in [2.45, 2.75) is 5.66 Å². The van der Waals surface area contributed by atoms with E-state index in [0.29, 0.717) is 0 Å². The number of hydrogen-bond donors (Lipinski definition) is 0. The van der Waals surface area contributed by atoms with Crippen LogP contribution in [0.15, 0.2) is 132 Å². The average Bonchev–Trinajstić information content (AvgIpc) is 2.77. The molecule has 1 heterocycles. The number of azo groups is 1. The number of benzene rings is 3. The molecule has 0 amide bonds. The van der Waals surface area contributed by atoms with Gasteiger partial charge < -0.3 is 0 Å². The highest BCUT2D eigenvalue weighted by atomic mass is 15.3. The van der Waals surface area contributed by atoms with Gasteiger partial charge in [0.2, 0.25) is 0 Å². The first kappa shape index (κ1) is 16.9. The second-order valence-electron chi connectivity index (χ2n) is 6.22. The van der Waals surface area contributed by atoms with Crippen LogP contribution in [0.3, 0.4) is 0 Å². The molecule has 0 atom stereocenters. The first-order valence-electron chi connectivity index (χ1n) is 8.95. The number of pyridine rings is 1. The molecule has 0 bridgehead atoms. The molecule has 130 valence electrons. The summed E-state index contributed by atoms with van der Waals surface area (Å²) in [6.07, 6.45) is 4.06. The van der Waals surface area contributed by atoms with E-state index in [2.05, 4.69) is 33.9 Å². The molecule has 0 saturated carbocycles. The highest BCUT2D eigenvalue weighted by molar-refractivity contribution is 5.38. The first-order chi connectivity index (χ1) is 13.4. The Labute approximate surface area is 159 Å². The Hall–Kier alpha value is -3.59. The molecule has 0 radical (unpaired) electrons. The van der Waals surface area contributed by atoms with E-state index in [-0.39, 0.29) is 0 Å². The summed E-state index contributed by atoms with van der Waals surface area (Å²) >= 11 is 0. The summed E-state index contributed by atoms with van der Waals surface area (Å²) in [5.41, 5.74) is 2.13. The van der Waals surface area contributed by atoms with Crippen LogP contribution in [-0.4, -0.2) is 0 Å². The van der Waals surface area contributed by atoms with Gasteiger partial charge in [0.1, 0.15) is 0 Å². The highest BCUT2D eigenvalue weighted by Crippen LogP contribution is 2.32. The molecule has 0 aliphatic carbocycles. The lowest BCUT2D eigenvalue weighted by molar-refractivity contribution is -0.744. The molecule has 3 aromatic carbocycles. The van der Waals surface area contributed by atoms with Crippen LogP contribution in [-0.2, 0) is 5.66 Å². The van der Waals surface area contributed by atoms with Gasteiger partial charge in [-0.25, -0.2) is 0 Å². The molecular weight excluding hydrogens is 330 g/mol. The lowest BCUT2D eigenvalue weighted by Gasteiger charge is -2.24. The smallest absolute Gasteiger partial charge is 0.169 e. The molecule has 0 saturated heterocycles. The van der Waals surface area contributed by atoms with Crippen molar-refractivity contribution in [1.29, 1.82) is 0 Å². The Morgan fingerprint density at radius 2 is 0.963 bits per heavy atom. The predicted molar refractivity (Wildman–Crippen MR) is 107 cm³/mol. The van der Waals surface area contributed by atoms with Crippen LogP contribution in [0.1, 0.15) is 11.1 Å². The molecule has 0 aliphatic rings. The highest BCUT2D eigenvalue weighted by Gasteiger charge is 2.44. The normalized spacial score (nSPS) is 11.6. The van der Waals surface area contributed by atoms with Crippen molar-refractivity contribution in [2.24, 2.45) is 10.2 Å². The summed E-state index contributed by atoms with van der Waals surface area (Å²) in [4.78, 5) is 0. The van der Waals surface area contributed by atoms with E-state index in [4.69, 9.17) is 5.11 Å². The molecule has 4 rings (SSSR count). The van der Waals surface area contributed by atoms with Crippen molar-refractivity contribution in [3.05, 3.63) is 133 Å². The molecular formula is C24H20N3+. The quantitative estimate of drug-likeness (QED) is 0.335. The molecule has 1 aromatic heterocycles. The number of rotatable bonds is 5. The Kier molecular flexibility index (Phi) is 4.84. The molecule has 0 spiro atoms. The molecule has 0 aliphatic heterocycles. The van der Waals surface area contributed by atoms with E-state index in [1.54, 1.807) is 0 Å². The zero-order valence-corrected chi connectivity index (χ0v) is 14.9. The standard InChI is InChI=1S/C24H20N3/c1-5-13-21(14-6-1)24(22-15-7-2-8-16-22,27-19-11-4-12-20-27)26-25-23-17-9-3-10-18-23/h1-20H/q+1. The fourth-order valence-electron chi connectivity index (χ4n) is 3.21. The van der Waals surface area contributed by atoms with Gasteiger partial charge in [-0.3, -0.25) is 0 Å². The fraction of sp³-hybridized carbons (Fsp3) is 0.0417. The van der Waals surface area contributed by atoms with Crippen LogP contribution in [0.5, 0.6) is 0 Å². The van der Waals surface area contributed by atoms with Gasteiger partial charge in [-0.05, 0) is 36.4 Å². The van der Waals surface area contributed by atoms with Crippen LogP contribution < -0.4 is 4.57 Å². The number of aromatic nitrogens is 1. The maximum atomic E-state index is 4.92. The van der Waals surface area contributed by atoms with Gasteiger partial charge in [-0.2, -0.15) is 4.57 Å². The van der Waals surface area contributed by atoms with E-state index in [9.17, 15) is 0 Å². The Morgan fingerprint density at radius 3 is 1.48 bits per heavy atom. The zero-order chi connectivity index (χ0) is 18.4. The lowest BCUT2D eigenvalue weighted by Crippen LogP contribution is -2.56. The molecule has 0 unspecified atom stereocenters. The van der Waals surface area contributed by atoms with E-state index >= 15 is 0 Å². The first-order valence-corrected chi connectivity index (χ1v) is 8.95. The van der Waals surface area contributed by atoms with Gasteiger partial charge in [0.25, 0.3) is 0 Å². The topological polar surface area (TPSA) is 28.6 Å². The monoisotopic (exact) mass is 350 g/mol. The van der Waals surface area contributed by atoms with E-state index < -0.39 is 5.66 Å². The molecule has 27 heavy (non-hydrogen) atoms. The van der Waals surface area contributed by atoms with Crippen molar-refractivity contribution in [3.8, 4) is 0 Å². The minimum atomic E-state index is -0.792. The second-order valence-corrected chi connectivity index (χ2v) is 6.22. The Morgan fingerprint density at radius 1 is 0.519 bits per heavy atom. The maximum Gasteiger partial charge on any atom is 0.330 e. The van der Waals surface area contributed by atoms with Crippen LogP contribution in [0.2, 0.25) is 0 Å². The average molecular weight is 350 g/mol. The summed E-state index contributed by atoms with van der Waals surface area (Å²) in [5, 5.41) is 9.54. The minimum absolute atomic E-state index is 0.792. The molecule has 0 fully saturated rings. The molecule has 4 aromatic rings. The third-order valence-electron chi connectivity index (χ3n) is 4.51. The van der Waals surface area contributed by atoms with Gasteiger partial charge >= 0.3 is 5.66 Å². The van der Waals surface area contributed by atoms with Crippen LogP contribution >= 0.6 is 0 Å². The van der Waals surface area contributed by atoms with Gasteiger partial charge in [0.15, 0.2) is 12.4 Å². The van der Waals surface area contributed by atoms with Crippen LogP contribution in [0, 0.1) is 0 Å². The molecule has 3 nitrogen and oxygen atoms in total. The predicted octanol–water partition coefficient (Wildman–Crippen LogP) is 5.51. The summed E-state index contributed by atoms with van der Waals surface area (Å²) in [6.45, 7) is 0. The summed E-state index contributed by atoms with van der Waals surface area (Å²) in [5.74, 6) is 0. The number of hydrogen-bond acceptors (Lipinski definition) is 2. The van der Waals surface area contributed by atoms with E-state index in [1.807, 2.05) is 97.3 Å². The third-order valence-corrected chi connectivity index (χ3v) is 4.51. The van der Waals surface area contributed by atoms with Crippen molar-refractivity contribution in [2.75, 3.05) is 0 Å². The maximum absolute atomic E-state index is 4.92. The van der Waals surface area contributed by atoms with E-state index in [1.165, 1.54) is 0 Å². The Bertz CT molecular complexity index is 902. The van der Waals surface area contributed by atoms with Crippen molar-refractivity contribution >= 4 is 5.69 Å². The SMILES string of the molecule is c1ccc(N=NC(c2ccccc2)(c2ccccc2)[n+]2ccccc2)cc1. The van der Waals surface area contributed by atoms with Gasteiger partial charge in [0, 0.05) is 12.1 Å². The third kappa shape index (κ3) is 3.40. The molecule has 0 N–H and O–H groups in total. The van der Waals surface area contributed by atoms with Crippen molar-refractivity contribution in [3.63, 3.8) is 0 Å². The van der Waals surface area contributed by atoms with Crippen molar-refractivity contribution < 1.29 is 4.57 Å². The van der Waals surface area contributed by atoms with Gasteiger partial charge in [0.05, 0.1) is 16.8 Å². The van der Waals surface area contributed by atoms with Crippen LogP contribution in [0.4, 0.5) is 5.69 Å².